The van der Waals surface area contributed by atoms with E-state index in [0.29, 0.717) is 5.75 Å². The third kappa shape index (κ3) is 4.90. The summed E-state index contributed by atoms with van der Waals surface area (Å²) >= 11 is 0. The molecule has 0 bridgehead atoms. The van der Waals surface area contributed by atoms with Crippen molar-refractivity contribution in [2.24, 2.45) is 0 Å². The number of amides is 1. The number of nitrogens with one attached hydrogen (secondary N) is 1. The van der Waals surface area contributed by atoms with E-state index in [0.717, 1.165) is 43.1 Å². The van der Waals surface area contributed by atoms with Crippen LogP contribution in [0.1, 0.15) is 40.4 Å². The molecular weight excluding hydrogens is 402 g/mol. The SMILES string of the molecule is O=C(NO)c1ccc(Oc2ccc(CN3CCCC3c3cccc(F)c3)cc2)c(F)c1. The van der Waals surface area contributed by atoms with Crippen LogP contribution in [0.25, 0.3) is 0 Å². The van der Waals surface area contributed by atoms with Gasteiger partial charge in [-0.05, 0) is 73.0 Å². The smallest absolute Gasteiger partial charge is 0.274 e. The molecule has 1 saturated heterocycles. The van der Waals surface area contributed by atoms with E-state index >= 15 is 0 Å². The molecule has 3 aromatic carbocycles. The highest BCUT2D eigenvalue weighted by Crippen LogP contribution is 2.34. The Hall–Kier alpha value is -3.29. The minimum atomic E-state index is -0.798. The standard InChI is InChI=1S/C24H22F2N2O3/c25-19-4-1-3-17(13-19)22-5-2-12-28(22)15-16-6-9-20(10-7-16)31-23-11-8-18(14-21(23)26)24(29)27-30/h1,3-4,6-11,13-14,22,30H,2,5,12,15H2,(H,27,29). The number of rotatable bonds is 6. The van der Waals surface area contributed by atoms with Gasteiger partial charge in [0.25, 0.3) is 5.91 Å². The Balaban J connectivity index is 1.42. The number of nitrogens with zero attached hydrogens (tertiary/aromatic N) is 1. The van der Waals surface area contributed by atoms with Gasteiger partial charge >= 0.3 is 0 Å². The molecule has 0 spiro atoms. The van der Waals surface area contributed by atoms with Gasteiger partial charge in [0.05, 0.1) is 0 Å². The normalized spacial score (nSPS) is 16.3. The summed E-state index contributed by atoms with van der Waals surface area (Å²) in [6.07, 6.45) is 2.06. The topological polar surface area (TPSA) is 61.8 Å². The Morgan fingerprint density at radius 1 is 1.10 bits per heavy atom. The molecule has 0 aromatic heterocycles. The highest BCUT2D eigenvalue weighted by atomic mass is 19.1. The zero-order valence-corrected chi connectivity index (χ0v) is 16.7. The summed E-state index contributed by atoms with van der Waals surface area (Å²) in [7, 11) is 0. The molecule has 31 heavy (non-hydrogen) atoms. The van der Waals surface area contributed by atoms with Crippen LogP contribution in [0.3, 0.4) is 0 Å². The number of hydrogen-bond donors (Lipinski definition) is 2. The van der Waals surface area contributed by atoms with Crippen LogP contribution in [0.4, 0.5) is 8.78 Å². The van der Waals surface area contributed by atoms with Gasteiger partial charge in [0, 0.05) is 18.2 Å². The number of ether oxygens (including phenoxy) is 1. The molecule has 1 fully saturated rings. The summed E-state index contributed by atoms with van der Waals surface area (Å²) in [5.41, 5.74) is 3.51. The van der Waals surface area contributed by atoms with Gasteiger partial charge in [-0.1, -0.05) is 24.3 Å². The summed E-state index contributed by atoms with van der Waals surface area (Å²) in [5, 5.41) is 8.63. The average Bonchev–Trinajstić information content (AvgIpc) is 3.24. The molecule has 1 aliphatic rings. The van der Waals surface area contributed by atoms with Gasteiger partial charge in [0.15, 0.2) is 11.6 Å². The first-order chi connectivity index (χ1) is 15.0. The Labute approximate surface area is 178 Å². The van der Waals surface area contributed by atoms with Crippen molar-refractivity contribution in [1.82, 2.24) is 10.4 Å². The van der Waals surface area contributed by atoms with Gasteiger partial charge in [-0.15, -0.1) is 0 Å². The lowest BCUT2D eigenvalue weighted by Crippen LogP contribution is -2.22. The fourth-order valence-electron chi connectivity index (χ4n) is 3.92. The van der Waals surface area contributed by atoms with Crippen molar-refractivity contribution in [2.75, 3.05) is 6.54 Å². The monoisotopic (exact) mass is 424 g/mol. The van der Waals surface area contributed by atoms with Crippen molar-refractivity contribution < 1.29 is 23.5 Å². The van der Waals surface area contributed by atoms with E-state index in [1.54, 1.807) is 24.3 Å². The maximum atomic E-state index is 14.2. The van der Waals surface area contributed by atoms with Crippen molar-refractivity contribution in [3.8, 4) is 11.5 Å². The van der Waals surface area contributed by atoms with E-state index in [4.69, 9.17) is 9.94 Å². The van der Waals surface area contributed by atoms with E-state index in [-0.39, 0.29) is 23.2 Å². The van der Waals surface area contributed by atoms with Gasteiger partial charge in [-0.3, -0.25) is 14.9 Å². The summed E-state index contributed by atoms with van der Waals surface area (Å²) in [4.78, 5) is 13.7. The number of likely N-dealkylation sites (tertiary alicyclic amines) is 1. The molecule has 1 amide bonds. The van der Waals surface area contributed by atoms with Crippen molar-refractivity contribution in [2.45, 2.75) is 25.4 Å². The molecule has 0 saturated carbocycles. The third-order valence-corrected chi connectivity index (χ3v) is 5.43. The number of hydrogen-bond acceptors (Lipinski definition) is 4. The Morgan fingerprint density at radius 2 is 1.90 bits per heavy atom. The average molecular weight is 424 g/mol. The molecule has 7 heteroatoms. The molecule has 5 nitrogen and oxygen atoms in total. The van der Waals surface area contributed by atoms with Crippen LogP contribution in [-0.2, 0) is 6.54 Å². The second-order valence-electron chi connectivity index (χ2n) is 7.52. The lowest BCUT2D eigenvalue weighted by atomic mass is 10.0. The Morgan fingerprint density at radius 3 is 2.61 bits per heavy atom. The molecule has 1 unspecified atom stereocenters. The van der Waals surface area contributed by atoms with Crippen molar-refractivity contribution >= 4 is 5.91 Å². The fraction of sp³-hybridized carbons (Fsp3) is 0.208. The number of hydroxylamine groups is 1. The van der Waals surface area contributed by atoms with Crippen molar-refractivity contribution in [1.29, 1.82) is 0 Å². The molecule has 1 aliphatic heterocycles. The summed E-state index contributed by atoms with van der Waals surface area (Å²) in [6, 6.07) is 18.0. The minimum Gasteiger partial charge on any atom is -0.454 e. The first kappa shape index (κ1) is 21.0. The van der Waals surface area contributed by atoms with Crippen LogP contribution >= 0.6 is 0 Å². The number of benzene rings is 3. The highest BCUT2D eigenvalue weighted by molar-refractivity contribution is 5.93. The van der Waals surface area contributed by atoms with Gasteiger partial charge in [-0.25, -0.2) is 14.3 Å². The van der Waals surface area contributed by atoms with Crippen LogP contribution in [0.15, 0.2) is 66.7 Å². The second kappa shape index (κ2) is 9.24. The fourth-order valence-corrected chi connectivity index (χ4v) is 3.92. The largest absolute Gasteiger partial charge is 0.454 e. The van der Waals surface area contributed by atoms with Crippen LogP contribution in [0.2, 0.25) is 0 Å². The number of halogens is 2. The molecule has 1 heterocycles. The van der Waals surface area contributed by atoms with E-state index in [1.807, 2.05) is 18.2 Å². The molecular formula is C24H22F2N2O3. The lowest BCUT2D eigenvalue weighted by Gasteiger charge is -2.25. The summed E-state index contributed by atoms with van der Waals surface area (Å²) in [5.74, 6) is -1.28. The van der Waals surface area contributed by atoms with Crippen LogP contribution < -0.4 is 10.2 Å². The van der Waals surface area contributed by atoms with E-state index in [9.17, 15) is 13.6 Å². The van der Waals surface area contributed by atoms with Crippen LogP contribution in [-0.4, -0.2) is 22.6 Å². The van der Waals surface area contributed by atoms with Crippen LogP contribution in [0.5, 0.6) is 11.5 Å². The first-order valence-corrected chi connectivity index (χ1v) is 10.0. The maximum Gasteiger partial charge on any atom is 0.274 e. The quantitative estimate of drug-likeness (QED) is 0.421. The number of carbonyl (C=O) groups is 1. The van der Waals surface area contributed by atoms with Crippen LogP contribution in [0, 0.1) is 11.6 Å². The highest BCUT2D eigenvalue weighted by Gasteiger charge is 2.26. The van der Waals surface area contributed by atoms with Crippen molar-refractivity contribution in [3.05, 3.63) is 95.1 Å². The number of carbonyl (C=O) groups excluding carboxylic acids is 1. The predicted molar refractivity (Wildman–Crippen MR) is 111 cm³/mol. The predicted octanol–water partition coefficient (Wildman–Crippen LogP) is 5.21. The molecule has 2 N–H and O–H groups in total. The minimum absolute atomic E-state index is 0.0128. The zero-order valence-electron chi connectivity index (χ0n) is 16.7. The van der Waals surface area contributed by atoms with Gasteiger partial charge in [0.1, 0.15) is 11.6 Å². The van der Waals surface area contributed by atoms with Gasteiger partial charge in [0.2, 0.25) is 0 Å². The molecule has 4 rings (SSSR count). The van der Waals surface area contributed by atoms with Gasteiger partial charge < -0.3 is 4.74 Å². The second-order valence-corrected chi connectivity index (χ2v) is 7.52. The lowest BCUT2D eigenvalue weighted by molar-refractivity contribution is 0.0706. The summed E-state index contributed by atoms with van der Waals surface area (Å²) < 4.78 is 33.4. The molecule has 1 atom stereocenters. The molecule has 0 radical (unpaired) electrons. The van der Waals surface area contributed by atoms with E-state index < -0.39 is 11.7 Å². The van der Waals surface area contributed by atoms with E-state index in [1.165, 1.54) is 23.7 Å². The van der Waals surface area contributed by atoms with Gasteiger partial charge in [-0.2, -0.15) is 0 Å². The zero-order chi connectivity index (χ0) is 21.8. The van der Waals surface area contributed by atoms with E-state index in [2.05, 4.69) is 4.90 Å². The molecule has 160 valence electrons. The Kier molecular flexibility index (Phi) is 6.25. The molecule has 3 aromatic rings. The van der Waals surface area contributed by atoms with Crippen molar-refractivity contribution in [3.63, 3.8) is 0 Å². The first-order valence-electron chi connectivity index (χ1n) is 10.0. The summed E-state index contributed by atoms with van der Waals surface area (Å²) in [6.45, 7) is 1.67. The third-order valence-electron chi connectivity index (χ3n) is 5.43. The molecule has 0 aliphatic carbocycles. The Bertz CT molecular complexity index is 1070. The maximum absolute atomic E-state index is 14.2.